The van der Waals surface area contributed by atoms with Crippen molar-refractivity contribution in [2.75, 3.05) is 0 Å². The molecule has 0 aliphatic rings. The van der Waals surface area contributed by atoms with Crippen molar-refractivity contribution in [1.82, 2.24) is 0 Å². The average molecular weight is 431 g/mol. The van der Waals surface area contributed by atoms with Crippen molar-refractivity contribution in [2.45, 2.75) is 32.6 Å². The number of carboxylic acid groups (broad SMARTS) is 1. The Morgan fingerprint density at radius 2 is 1.94 bits per heavy atom. The van der Waals surface area contributed by atoms with Gasteiger partial charge in [0.1, 0.15) is 17.9 Å². The number of hydrogen-bond acceptors (Lipinski definition) is 5. The van der Waals surface area contributed by atoms with Crippen molar-refractivity contribution in [1.29, 1.82) is 0 Å². The zero-order valence-corrected chi connectivity index (χ0v) is 17.7. The van der Waals surface area contributed by atoms with E-state index < -0.39 is 12.1 Å². The molecule has 4 aromatic rings. The number of benzene rings is 3. The fraction of sp³-hybridized carbons (Fsp3) is 0.192. The molecule has 0 radical (unpaired) electrons. The monoisotopic (exact) mass is 431 g/mol. The van der Waals surface area contributed by atoms with Crippen LogP contribution in [0.1, 0.15) is 35.3 Å². The summed E-state index contributed by atoms with van der Waals surface area (Å²) in [7, 11) is 0. The quantitative estimate of drug-likeness (QED) is 0.369. The molecule has 1 aromatic heterocycles. The van der Waals surface area contributed by atoms with Gasteiger partial charge in [0.05, 0.1) is 18.8 Å². The normalized spacial score (nSPS) is 12.1. The molecule has 6 nitrogen and oxygen atoms in total. The van der Waals surface area contributed by atoms with Crippen LogP contribution in [-0.2, 0) is 24.4 Å². The Morgan fingerprint density at radius 1 is 1.09 bits per heavy atom. The smallest absolute Gasteiger partial charge is 0.307 e. The highest BCUT2D eigenvalue weighted by molar-refractivity contribution is 5.93. The van der Waals surface area contributed by atoms with Gasteiger partial charge in [-0.25, -0.2) is 0 Å². The Morgan fingerprint density at radius 3 is 2.69 bits per heavy atom. The van der Waals surface area contributed by atoms with E-state index in [0.29, 0.717) is 23.4 Å². The molecule has 0 amide bonds. The third-order valence-electron chi connectivity index (χ3n) is 5.39. The number of aliphatic hydroxyl groups excluding tert-OH is 1. The summed E-state index contributed by atoms with van der Waals surface area (Å²) in [5, 5.41) is 20.1. The Kier molecular flexibility index (Phi) is 6.25. The molecule has 32 heavy (non-hydrogen) atoms. The maximum atomic E-state index is 11.3. The van der Waals surface area contributed by atoms with Crippen LogP contribution in [0.4, 0.5) is 0 Å². The van der Waals surface area contributed by atoms with Gasteiger partial charge in [0, 0.05) is 23.1 Å². The SMILES string of the molecule is CC(O)c1ccc(CC(=O)O)c(OCc2cc(-c3cccc(CN)c3)c3occc3c2)c1. The van der Waals surface area contributed by atoms with E-state index in [2.05, 4.69) is 0 Å². The molecular formula is C26H25NO5. The van der Waals surface area contributed by atoms with E-state index in [1.807, 2.05) is 42.5 Å². The molecule has 0 fully saturated rings. The number of aliphatic hydroxyl groups is 1. The number of ether oxygens (including phenoxy) is 1. The fourth-order valence-electron chi connectivity index (χ4n) is 3.74. The third-order valence-corrected chi connectivity index (χ3v) is 5.39. The first-order valence-electron chi connectivity index (χ1n) is 10.4. The maximum Gasteiger partial charge on any atom is 0.307 e. The average Bonchev–Trinajstić information content (AvgIpc) is 3.26. The molecule has 1 atom stereocenters. The molecule has 0 aliphatic heterocycles. The van der Waals surface area contributed by atoms with Crippen LogP contribution in [0.15, 0.2) is 71.3 Å². The van der Waals surface area contributed by atoms with Gasteiger partial charge in [0.25, 0.3) is 0 Å². The van der Waals surface area contributed by atoms with E-state index in [0.717, 1.165) is 33.2 Å². The summed E-state index contributed by atoms with van der Waals surface area (Å²) in [6.45, 7) is 2.34. The molecular weight excluding hydrogens is 406 g/mol. The number of rotatable bonds is 8. The zero-order chi connectivity index (χ0) is 22.7. The number of aliphatic carboxylic acids is 1. The molecule has 0 saturated carbocycles. The molecule has 3 aromatic carbocycles. The first-order valence-corrected chi connectivity index (χ1v) is 10.4. The molecule has 1 unspecified atom stereocenters. The minimum absolute atomic E-state index is 0.159. The highest BCUT2D eigenvalue weighted by Gasteiger charge is 2.14. The molecule has 4 rings (SSSR count). The van der Waals surface area contributed by atoms with Crippen LogP contribution in [0, 0.1) is 0 Å². The third kappa shape index (κ3) is 4.66. The topological polar surface area (TPSA) is 106 Å². The maximum absolute atomic E-state index is 11.3. The van der Waals surface area contributed by atoms with Crippen molar-refractivity contribution >= 4 is 16.9 Å². The largest absolute Gasteiger partial charge is 0.489 e. The van der Waals surface area contributed by atoms with E-state index in [9.17, 15) is 15.0 Å². The molecule has 164 valence electrons. The van der Waals surface area contributed by atoms with Crippen molar-refractivity contribution in [2.24, 2.45) is 5.73 Å². The Bertz CT molecular complexity index is 1260. The Labute approximate surface area is 185 Å². The first kappa shape index (κ1) is 21.6. The van der Waals surface area contributed by atoms with Gasteiger partial charge >= 0.3 is 5.97 Å². The Hall–Kier alpha value is -3.61. The van der Waals surface area contributed by atoms with Crippen LogP contribution < -0.4 is 10.5 Å². The van der Waals surface area contributed by atoms with E-state index in [1.54, 1.807) is 31.4 Å². The van der Waals surface area contributed by atoms with Crippen LogP contribution in [-0.4, -0.2) is 16.2 Å². The molecule has 6 heteroatoms. The van der Waals surface area contributed by atoms with Crippen molar-refractivity contribution in [3.8, 4) is 16.9 Å². The summed E-state index contributed by atoms with van der Waals surface area (Å²) >= 11 is 0. The van der Waals surface area contributed by atoms with Gasteiger partial charge in [0.2, 0.25) is 0 Å². The van der Waals surface area contributed by atoms with E-state index in [4.69, 9.17) is 14.9 Å². The van der Waals surface area contributed by atoms with E-state index in [1.165, 1.54) is 0 Å². The lowest BCUT2D eigenvalue weighted by molar-refractivity contribution is -0.136. The van der Waals surface area contributed by atoms with Gasteiger partial charge in [-0.05, 0) is 59.5 Å². The fourth-order valence-corrected chi connectivity index (χ4v) is 3.74. The number of carboxylic acids is 1. The van der Waals surface area contributed by atoms with Crippen LogP contribution in [0.5, 0.6) is 5.75 Å². The summed E-state index contributed by atoms with van der Waals surface area (Å²) in [6, 6.07) is 19.0. The minimum Gasteiger partial charge on any atom is -0.489 e. The van der Waals surface area contributed by atoms with Crippen LogP contribution in [0.3, 0.4) is 0 Å². The second-order valence-corrected chi connectivity index (χ2v) is 7.79. The second-order valence-electron chi connectivity index (χ2n) is 7.79. The number of fused-ring (bicyclic) bond motifs is 1. The summed E-state index contributed by atoms with van der Waals surface area (Å²) in [4.78, 5) is 11.3. The van der Waals surface area contributed by atoms with Gasteiger partial charge in [0.15, 0.2) is 0 Å². The highest BCUT2D eigenvalue weighted by Crippen LogP contribution is 2.32. The van der Waals surface area contributed by atoms with Gasteiger partial charge in [-0.15, -0.1) is 0 Å². The summed E-state index contributed by atoms with van der Waals surface area (Å²) < 4.78 is 11.8. The predicted molar refractivity (Wildman–Crippen MR) is 122 cm³/mol. The Balaban J connectivity index is 1.68. The molecule has 1 heterocycles. The summed E-state index contributed by atoms with van der Waals surface area (Å²) in [6.07, 6.45) is 0.815. The van der Waals surface area contributed by atoms with Crippen LogP contribution in [0.25, 0.3) is 22.1 Å². The molecule has 0 aliphatic carbocycles. The lowest BCUT2D eigenvalue weighted by atomic mass is 9.99. The lowest BCUT2D eigenvalue weighted by Gasteiger charge is -2.15. The number of carbonyl (C=O) groups is 1. The summed E-state index contributed by atoms with van der Waals surface area (Å²) in [5.74, 6) is -0.494. The van der Waals surface area contributed by atoms with Crippen molar-refractivity contribution in [3.05, 3.63) is 89.2 Å². The highest BCUT2D eigenvalue weighted by atomic mass is 16.5. The van der Waals surface area contributed by atoms with Gasteiger partial charge in [-0.2, -0.15) is 0 Å². The van der Waals surface area contributed by atoms with Crippen LogP contribution in [0.2, 0.25) is 0 Å². The zero-order valence-electron chi connectivity index (χ0n) is 17.7. The van der Waals surface area contributed by atoms with Crippen molar-refractivity contribution < 1.29 is 24.2 Å². The van der Waals surface area contributed by atoms with Gasteiger partial charge in [-0.1, -0.05) is 30.3 Å². The first-order chi connectivity index (χ1) is 15.4. The van der Waals surface area contributed by atoms with Gasteiger partial charge < -0.3 is 25.1 Å². The van der Waals surface area contributed by atoms with Gasteiger partial charge in [-0.3, -0.25) is 4.79 Å². The molecule has 0 bridgehead atoms. The number of furan rings is 1. The molecule has 0 saturated heterocycles. The van der Waals surface area contributed by atoms with Crippen LogP contribution >= 0.6 is 0 Å². The molecule has 0 spiro atoms. The molecule has 4 N–H and O–H groups in total. The standard InChI is InChI=1S/C26H25NO5/c1-16(28)19-5-6-21(13-25(29)30)24(12-19)32-15-18-10-22-7-8-31-26(22)23(11-18)20-4-2-3-17(9-20)14-27/h2-12,16,28H,13-15,27H2,1H3,(H,29,30). The predicted octanol–water partition coefficient (Wildman–Crippen LogP) is 4.82. The minimum atomic E-state index is -0.943. The van der Waals surface area contributed by atoms with E-state index in [-0.39, 0.29) is 13.0 Å². The van der Waals surface area contributed by atoms with E-state index >= 15 is 0 Å². The lowest BCUT2D eigenvalue weighted by Crippen LogP contribution is -2.05. The second kappa shape index (κ2) is 9.26. The number of nitrogens with two attached hydrogens (primary N) is 1. The summed E-state index contributed by atoms with van der Waals surface area (Å²) in [5.41, 5.74) is 11.7. The van der Waals surface area contributed by atoms with Crippen molar-refractivity contribution in [3.63, 3.8) is 0 Å². The number of hydrogen-bond donors (Lipinski definition) is 3.